The molecule has 27 heavy (non-hydrogen) atoms. The Morgan fingerprint density at radius 2 is 2.11 bits per heavy atom. The lowest BCUT2D eigenvalue weighted by molar-refractivity contribution is 0.191. The van der Waals surface area contributed by atoms with Crippen LogP contribution in [0.1, 0.15) is 44.4 Å². The summed E-state index contributed by atoms with van der Waals surface area (Å²) in [7, 11) is 0. The zero-order valence-electron chi connectivity index (χ0n) is 15.6. The molecule has 0 radical (unpaired) electrons. The van der Waals surface area contributed by atoms with Crippen molar-refractivity contribution in [3.8, 4) is 5.75 Å². The van der Waals surface area contributed by atoms with Crippen LogP contribution in [0.2, 0.25) is 0 Å². The van der Waals surface area contributed by atoms with Gasteiger partial charge in [0.2, 0.25) is 0 Å². The molecule has 0 bridgehead atoms. The van der Waals surface area contributed by atoms with Crippen molar-refractivity contribution in [2.45, 2.75) is 38.7 Å². The van der Waals surface area contributed by atoms with Crippen molar-refractivity contribution in [3.05, 3.63) is 41.6 Å². The van der Waals surface area contributed by atoms with Crippen molar-refractivity contribution in [2.24, 2.45) is 5.92 Å². The van der Waals surface area contributed by atoms with E-state index in [1.54, 1.807) is 6.07 Å². The van der Waals surface area contributed by atoms with Gasteiger partial charge < -0.3 is 15.4 Å². The number of anilines is 2. The predicted octanol–water partition coefficient (Wildman–Crippen LogP) is 3.39. The van der Waals surface area contributed by atoms with Gasteiger partial charge in [-0.2, -0.15) is 0 Å². The second-order valence-corrected chi connectivity index (χ2v) is 7.90. The largest absolute Gasteiger partial charge is 0.484 e. The number of nitrogens with two attached hydrogens (primary N) is 1. The molecule has 2 aromatic rings. The first-order chi connectivity index (χ1) is 12.8. The molecule has 2 aliphatic rings. The molecule has 0 spiro atoms. The first kappa shape index (κ1) is 17.7. The summed E-state index contributed by atoms with van der Waals surface area (Å²) in [5.41, 5.74) is 6.88. The number of hydrogen-bond acceptors (Lipinski definition) is 6. The molecule has 1 atom stereocenters. The van der Waals surface area contributed by atoms with Gasteiger partial charge in [0.1, 0.15) is 17.7 Å². The highest BCUT2D eigenvalue weighted by atomic mass is 19.1. The van der Waals surface area contributed by atoms with E-state index in [2.05, 4.69) is 21.8 Å². The Balaban J connectivity index is 1.63. The smallest absolute Gasteiger partial charge is 0.167 e. The topological polar surface area (TPSA) is 88.1 Å². The highest BCUT2D eigenvalue weighted by molar-refractivity contribution is 6.13. The van der Waals surface area contributed by atoms with Gasteiger partial charge in [0, 0.05) is 36.5 Å². The lowest BCUT2D eigenvalue weighted by Gasteiger charge is -2.18. The zero-order chi connectivity index (χ0) is 19.2. The Kier molecular flexibility index (Phi) is 4.25. The van der Waals surface area contributed by atoms with Crippen molar-refractivity contribution >= 4 is 17.2 Å². The number of halogens is 1. The number of nitrogens with one attached hydrogen (secondary N) is 1. The Labute approximate surface area is 158 Å². The molecular formula is C20H24FN5O. The second kappa shape index (κ2) is 6.48. The van der Waals surface area contributed by atoms with Crippen LogP contribution in [0.4, 0.5) is 15.9 Å². The highest BCUT2D eigenvalue weighted by Crippen LogP contribution is 2.41. The van der Waals surface area contributed by atoms with E-state index in [4.69, 9.17) is 15.9 Å². The van der Waals surface area contributed by atoms with Crippen molar-refractivity contribution in [3.63, 3.8) is 0 Å². The van der Waals surface area contributed by atoms with Crippen molar-refractivity contribution in [2.75, 3.05) is 23.7 Å². The number of nitrogen functional groups attached to an aromatic ring is 1. The molecule has 1 saturated heterocycles. The summed E-state index contributed by atoms with van der Waals surface area (Å²) in [6.45, 7) is 6.05. The molecule has 1 aliphatic heterocycles. The molecule has 4 rings (SSSR count). The molecule has 3 N–H and O–H groups in total. The Bertz CT molecular complexity index is 896. The fourth-order valence-electron chi connectivity index (χ4n) is 3.34. The van der Waals surface area contributed by atoms with E-state index < -0.39 is 5.82 Å². The summed E-state index contributed by atoms with van der Waals surface area (Å²) < 4.78 is 20.0. The molecular weight excluding hydrogens is 345 g/mol. The van der Waals surface area contributed by atoms with Crippen LogP contribution in [-0.2, 0) is 0 Å². The van der Waals surface area contributed by atoms with Crippen LogP contribution in [-0.4, -0.2) is 34.4 Å². The number of benzene rings is 1. The van der Waals surface area contributed by atoms with Crippen LogP contribution in [0.5, 0.6) is 5.75 Å². The normalized spacial score (nSPS) is 20.6. The maximum atomic E-state index is 14.3. The standard InChI is InChI=1S/C20H24FN5O/c1-12-3-6-26(10-12)18-9-16(24-11-25-18)19(23)13-7-17(14(21)8-15(13)22)27-20(2)4-5-20/h7-9,11-12,23H,3-6,10,22H2,1-2H3/t12-/m0/s1. The van der Waals surface area contributed by atoms with E-state index in [-0.39, 0.29) is 22.7 Å². The highest BCUT2D eigenvalue weighted by Gasteiger charge is 2.40. The second-order valence-electron chi connectivity index (χ2n) is 7.90. The van der Waals surface area contributed by atoms with E-state index >= 15 is 0 Å². The van der Waals surface area contributed by atoms with Crippen LogP contribution < -0.4 is 15.4 Å². The maximum absolute atomic E-state index is 14.3. The minimum Gasteiger partial charge on any atom is -0.484 e. The molecule has 7 heteroatoms. The molecule has 2 fully saturated rings. The molecule has 0 unspecified atom stereocenters. The quantitative estimate of drug-likeness (QED) is 0.623. The van der Waals surface area contributed by atoms with Crippen molar-refractivity contribution in [1.82, 2.24) is 9.97 Å². The van der Waals surface area contributed by atoms with Gasteiger partial charge in [-0.1, -0.05) is 6.92 Å². The maximum Gasteiger partial charge on any atom is 0.167 e. The molecule has 1 aliphatic carbocycles. The predicted molar refractivity (Wildman–Crippen MR) is 103 cm³/mol. The molecule has 2 heterocycles. The van der Waals surface area contributed by atoms with Gasteiger partial charge in [-0.25, -0.2) is 14.4 Å². The number of ether oxygens (including phenoxy) is 1. The Morgan fingerprint density at radius 1 is 1.33 bits per heavy atom. The summed E-state index contributed by atoms with van der Waals surface area (Å²) >= 11 is 0. The summed E-state index contributed by atoms with van der Waals surface area (Å²) in [5, 5.41) is 8.57. The fraction of sp³-hybridized carbons (Fsp3) is 0.450. The fourth-order valence-corrected chi connectivity index (χ4v) is 3.34. The number of hydrogen-bond donors (Lipinski definition) is 2. The van der Waals surface area contributed by atoms with Crippen molar-refractivity contribution in [1.29, 1.82) is 5.41 Å². The molecule has 142 valence electrons. The molecule has 1 aromatic carbocycles. The van der Waals surface area contributed by atoms with Gasteiger partial charge in [0.05, 0.1) is 11.4 Å². The lowest BCUT2D eigenvalue weighted by Crippen LogP contribution is -2.21. The third kappa shape index (κ3) is 3.59. The van der Waals surface area contributed by atoms with Gasteiger partial charge in [-0.05, 0) is 38.2 Å². The van der Waals surface area contributed by atoms with Gasteiger partial charge in [0.25, 0.3) is 0 Å². The van der Waals surface area contributed by atoms with E-state index in [0.717, 1.165) is 38.2 Å². The lowest BCUT2D eigenvalue weighted by atomic mass is 10.0. The third-order valence-electron chi connectivity index (χ3n) is 5.34. The Hall–Kier alpha value is -2.70. The van der Waals surface area contributed by atoms with Crippen LogP contribution in [0.3, 0.4) is 0 Å². The molecule has 1 aromatic heterocycles. The molecule has 6 nitrogen and oxygen atoms in total. The minimum absolute atomic E-state index is 0.131. The number of nitrogens with zero attached hydrogens (tertiary/aromatic N) is 3. The SMILES string of the molecule is C[C@H]1CCN(c2cc(C(=N)c3cc(OC4(C)CC4)c(F)cc3N)ncn2)C1. The van der Waals surface area contributed by atoms with Gasteiger partial charge in [-0.15, -0.1) is 0 Å². The summed E-state index contributed by atoms with van der Waals surface area (Å²) in [6, 6.07) is 4.53. The number of aromatic nitrogens is 2. The first-order valence-corrected chi connectivity index (χ1v) is 9.29. The first-order valence-electron chi connectivity index (χ1n) is 9.29. The summed E-state index contributed by atoms with van der Waals surface area (Å²) in [5.74, 6) is 1.05. The average Bonchev–Trinajstić information content (AvgIpc) is 3.20. The Morgan fingerprint density at radius 3 is 2.78 bits per heavy atom. The van der Waals surface area contributed by atoms with E-state index in [9.17, 15) is 4.39 Å². The number of rotatable bonds is 5. The molecule has 0 amide bonds. The van der Waals surface area contributed by atoms with Crippen LogP contribution in [0, 0.1) is 17.1 Å². The van der Waals surface area contributed by atoms with Crippen molar-refractivity contribution < 1.29 is 9.13 Å². The van der Waals surface area contributed by atoms with Crippen LogP contribution >= 0.6 is 0 Å². The van der Waals surface area contributed by atoms with Gasteiger partial charge >= 0.3 is 0 Å². The third-order valence-corrected chi connectivity index (χ3v) is 5.34. The van der Waals surface area contributed by atoms with E-state index in [0.29, 0.717) is 17.2 Å². The van der Waals surface area contributed by atoms with Gasteiger partial charge in [0.15, 0.2) is 11.6 Å². The summed E-state index contributed by atoms with van der Waals surface area (Å²) in [4.78, 5) is 10.8. The summed E-state index contributed by atoms with van der Waals surface area (Å²) in [6.07, 6.45) is 4.38. The van der Waals surface area contributed by atoms with E-state index in [1.807, 2.05) is 6.92 Å². The monoisotopic (exact) mass is 369 g/mol. The zero-order valence-corrected chi connectivity index (χ0v) is 15.6. The van der Waals surface area contributed by atoms with Gasteiger partial charge in [-0.3, -0.25) is 5.41 Å². The van der Waals surface area contributed by atoms with Crippen LogP contribution in [0.25, 0.3) is 0 Å². The molecule has 1 saturated carbocycles. The van der Waals surface area contributed by atoms with E-state index in [1.165, 1.54) is 18.5 Å². The minimum atomic E-state index is -0.508. The average molecular weight is 369 g/mol. The van der Waals surface area contributed by atoms with Crippen LogP contribution in [0.15, 0.2) is 24.5 Å².